The molecule has 0 atom stereocenters. The second kappa shape index (κ2) is 4.57. The fraction of sp³-hybridized carbons (Fsp3) is 0.545. The number of hydrogen-bond donors (Lipinski definition) is 0. The van der Waals surface area contributed by atoms with Crippen molar-refractivity contribution in [2.24, 2.45) is 12.5 Å². The third-order valence-electron chi connectivity index (χ3n) is 2.54. The van der Waals surface area contributed by atoms with Crippen LogP contribution in [0.4, 0.5) is 0 Å². The summed E-state index contributed by atoms with van der Waals surface area (Å²) >= 11 is 0. The maximum atomic E-state index is 11.7. The Morgan fingerprint density at radius 2 is 1.88 bits per heavy atom. The number of carbonyl (C=O) groups excluding carboxylic acids is 1. The number of nitrogens with zero attached hydrogens (tertiary/aromatic N) is 2. The van der Waals surface area contributed by atoms with Crippen LogP contribution in [0.25, 0.3) is 0 Å². The van der Waals surface area contributed by atoms with E-state index >= 15 is 0 Å². The molecule has 6 heteroatoms. The number of rotatable bonds is 3. The van der Waals surface area contributed by atoms with Crippen LogP contribution in [0, 0.1) is 5.41 Å². The quantitative estimate of drug-likeness (QED) is 0.539. The Morgan fingerprint density at radius 1 is 1.29 bits per heavy atom. The van der Waals surface area contributed by atoms with Gasteiger partial charge in [0, 0.05) is 26.0 Å². The first-order valence-corrected chi connectivity index (χ1v) is 5.14. The second-order valence-corrected chi connectivity index (χ2v) is 4.52. The van der Waals surface area contributed by atoms with E-state index in [2.05, 4.69) is 4.74 Å². The Kier molecular flexibility index (Phi) is 3.55. The molecule has 1 aromatic heterocycles. The van der Waals surface area contributed by atoms with Gasteiger partial charge in [-0.15, -0.1) is 0 Å². The SMILES string of the molecule is COC(=O)C(C)(C)Cn1ccn(C)c(=O)c1=O. The molecule has 17 heavy (non-hydrogen) atoms. The number of aromatic nitrogens is 2. The monoisotopic (exact) mass is 240 g/mol. The largest absolute Gasteiger partial charge is 0.469 e. The Morgan fingerprint density at radius 3 is 2.41 bits per heavy atom. The highest BCUT2D eigenvalue weighted by Gasteiger charge is 2.29. The van der Waals surface area contributed by atoms with Crippen molar-refractivity contribution in [2.75, 3.05) is 7.11 Å². The molecule has 0 unspecified atom stereocenters. The molecule has 6 nitrogen and oxygen atoms in total. The van der Waals surface area contributed by atoms with E-state index in [1.165, 1.54) is 35.7 Å². The van der Waals surface area contributed by atoms with Crippen LogP contribution in [0.3, 0.4) is 0 Å². The molecule has 0 saturated heterocycles. The van der Waals surface area contributed by atoms with Gasteiger partial charge < -0.3 is 13.9 Å². The molecule has 0 saturated carbocycles. The highest BCUT2D eigenvalue weighted by molar-refractivity contribution is 5.75. The van der Waals surface area contributed by atoms with Gasteiger partial charge in [0.05, 0.1) is 12.5 Å². The standard InChI is InChI=1S/C11H16N2O4/c1-11(2,10(16)17-4)7-13-6-5-12(3)8(14)9(13)15/h5-6H,7H2,1-4H3. The first-order chi connectivity index (χ1) is 7.79. The molecule has 0 aliphatic rings. The molecular weight excluding hydrogens is 224 g/mol. The normalized spacial score (nSPS) is 11.3. The van der Waals surface area contributed by atoms with Crippen LogP contribution in [-0.4, -0.2) is 22.2 Å². The molecular formula is C11H16N2O4. The van der Waals surface area contributed by atoms with E-state index in [1.807, 2.05) is 0 Å². The van der Waals surface area contributed by atoms with Crippen LogP contribution in [0.15, 0.2) is 22.0 Å². The van der Waals surface area contributed by atoms with Crippen molar-refractivity contribution >= 4 is 5.97 Å². The van der Waals surface area contributed by atoms with E-state index in [-0.39, 0.29) is 6.54 Å². The van der Waals surface area contributed by atoms with Gasteiger partial charge in [-0.2, -0.15) is 0 Å². The lowest BCUT2D eigenvalue weighted by Gasteiger charge is -2.22. The van der Waals surface area contributed by atoms with Gasteiger partial charge in [0.2, 0.25) is 0 Å². The van der Waals surface area contributed by atoms with Crippen molar-refractivity contribution in [1.82, 2.24) is 9.13 Å². The Balaban J connectivity index is 3.14. The molecule has 94 valence electrons. The van der Waals surface area contributed by atoms with E-state index in [0.29, 0.717) is 0 Å². The minimum atomic E-state index is -0.856. The number of methoxy groups -OCH3 is 1. The second-order valence-electron chi connectivity index (χ2n) is 4.52. The molecule has 1 aromatic rings. The number of aryl methyl sites for hydroxylation is 1. The Labute approximate surface area is 98.4 Å². The zero-order valence-electron chi connectivity index (χ0n) is 10.4. The molecule has 0 bridgehead atoms. The van der Waals surface area contributed by atoms with Gasteiger partial charge in [-0.25, -0.2) is 0 Å². The average Bonchev–Trinajstić information content (AvgIpc) is 2.28. The van der Waals surface area contributed by atoms with Crippen molar-refractivity contribution in [3.8, 4) is 0 Å². The van der Waals surface area contributed by atoms with Gasteiger partial charge in [0.1, 0.15) is 0 Å². The van der Waals surface area contributed by atoms with E-state index in [0.717, 1.165) is 0 Å². The van der Waals surface area contributed by atoms with Crippen LogP contribution < -0.4 is 11.1 Å². The first-order valence-electron chi connectivity index (χ1n) is 5.14. The third kappa shape index (κ3) is 2.64. The van der Waals surface area contributed by atoms with Gasteiger partial charge >= 0.3 is 17.1 Å². The number of esters is 1. The van der Waals surface area contributed by atoms with Gasteiger partial charge in [-0.3, -0.25) is 14.4 Å². The van der Waals surface area contributed by atoms with Crippen LogP contribution >= 0.6 is 0 Å². The summed E-state index contributed by atoms with van der Waals surface area (Å²) in [5.74, 6) is -0.426. The van der Waals surface area contributed by atoms with Crippen molar-refractivity contribution in [3.63, 3.8) is 0 Å². The predicted octanol–water partition coefficient (Wildman–Crippen LogP) is -0.254. The zero-order chi connectivity index (χ0) is 13.2. The molecule has 0 aliphatic heterocycles. The lowest BCUT2D eigenvalue weighted by molar-refractivity contribution is -0.151. The molecule has 0 N–H and O–H groups in total. The fourth-order valence-corrected chi connectivity index (χ4v) is 1.48. The maximum Gasteiger partial charge on any atom is 0.316 e. The molecule has 0 spiro atoms. The summed E-state index contributed by atoms with van der Waals surface area (Å²) < 4.78 is 7.06. The summed E-state index contributed by atoms with van der Waals surface area (Å²) in [4.78, 5) is 34.6. The Hall–Kier alpha value is -1.85. The number of hydrogen-bond acceptors (Lipinski definition) is 4. The molecule has 0 radical (unpaired) electrons. The lowest BCUT2D eigenvalue weighted by atomic mass is 9.93. The minimum absolute atomic E-state index is 0.106. The highest BCUT2D eigenvalue weighted by atomic mass is 16.5. The predicted molar refractivity (Wildman–Crippen MR) is 61.7 cm³/mol. The summed E-state index contributed by atoms with van der Waals surface area (Å²) in [7, 11) is 2.79. The van der Waals surface area contributed by atoms with Crippen molar-refractivity contribution < 1.29 is 9.53 Å². The van der Waals surface area contributed by atoms with Crippen LogP contribution in [0.5, 0.6) is 0 Å². The molecule has 0 amide bonds. The van der Waals surface area contributed by atoms with Crippen molar-refractivity contribution in [2.45, 2.75) is 20.4 Å². The molecule has 0 fully saturated rings. The maximum absolute atomic E-state index is 11.7. The topological polar surface area (TPSA) is 70.3 Å². The smallest absolute Gasteiger partial charge is 0.316 e. The summed E-state index contributed by atoms with van der Waals surface area (Å²) in [6.45, 7) is 3.42. The van der Waals surface area contributed by atoms with Crippen LogP contribution in [0.2, 0.25) is 0 Å². The minimum Gasteiger partial charge on any atom is -0.469 e. The fourth-order valence-electron chi connectivity index (χ4n) is 1.48. The Bertz CT molecular complexity index is 539. The zero-order valence-corrected chi connectivity index (χ0v) is 10.4. The molecule has 0 aliphatic carbocycles. The first kappa shape index (κ1) is 13.2. The van der Waals surface area contributed by atoms with Crippen LogP contribution in [-0.2, 0) is 23.1 Å². The highest BCUT2D eigenvalue weighted by Crippen LogP contribution is 2.18. The van der Waals surface area contributed by atoms with Crippen LogP contribution in [0.1, 0.15) is 13.8 Å². The molecule has 1 rings (SSSR count). The number of ether oxygens (including phenoxy) is 1. The summed E-state index contributed by atoms with van der Waals surface area (Å²) in [6, 6.07) is 0. The van der Waals surface area contributed by atoms with Gasteiger partial charge in [-0.05, 0) is 13.8 Å². The lowest BCUT2D eigenvalue weighted by Crippen LogP contribution is -2.43. The molecule has 1 heterocycles. The van der Waals surface area contributed by atoms with E-state index < -0.39 is 22.5 Å². The van der Waals surface area contributed by atoms with Crippen molar-refractivity contribution in [3.05, 3.63) is 33.1 Å². The van der Waals surface area contributed by atoms with E-state index in [4.69, 9.17) is 0 Å². The van der Waals surface area contributed by atoms with E-state index in [1.54, 1.807) is 13.8 Å². The third-order valence-corrected chi connectivity index (χ3v) is 2.54. The summed E-state index contributed by atoms with van der Waals surface area (Å²) in [5.41, 5.74) is -2.12. The van der Waals surface area contributed by atoms with Gasteiger partial charge in [-0.1, -0.05) is 0 Å². The number of carbonyl (C=O) groups is 1. The van der Waals surface area contributed by atoms with Gasteiger partial charge in [0.15, 0.2) is 0 Å². The molecule has 0 aromatic carbocycles. The summed E-state index contributed by atoms with van der Waals surface area (Å²) in [6.07, 6.45) is 2.96. The van der Waals surface area contributed by atoms with Gasteiger partial charge in [0.25, 0.3) is 0 Å². The average molecular weight is 240 g/mol. The van der Waals surface area contributed by atoms with Crippen molar-refractivity contribution in [1.29, 1.82) is 0 Å². The van der Waals surface area contributed by atoms with E-state index in [9.17, 15) is 14.4 Å². The summed E-state index contributed by atoms with van der Waals surface area (Å²) in [5, 5.41) is 0.